The van der Waals surface area contributed by atoms with Gasteiger partial charge < -0.3 is 73.9 Å². The predicted molar refractivity (Wildman–Crippen MR) is 252 cm³/mol. The highest BCUT2D eigenvalue weighted by atomic mass is 16.4. The van der Waals surface area contributed by atoms with E-state index in [1.807, 2.05) is 13.8 Å². The minimum atomic E-state index is -1.49. The van der Waals surface area contributed by atoms with Crippen molar-refractivity contribution in [3.63, 3.8) is 0 Å². The number of amides is 9. The largest absolute Gasteiger partial charge is 0.481 e. The summed E-state index contributed by atoms with van der Waals surface area (Å²) in [7, 11) is 0. The lowest BCUT2D eigenvalue weighted by atomic mass is 9.97. The van der Waals surface area contributed by atoms with E-state index in [2.05, 4.69) is 42.5 Å². The molecule has 9 amide bonds. The number of hydrogen-bond acceptors (Lipinski definition) is 14. The Morgan fingerprint density at radius 1 is 0.657 bits per heavy atom. The highest BCUT2D eigenvalue weighted by Gasteiger charge is 2.40. The van der Waals surface area contributed by atoms with E-state index in [1.165, 1.54) is 11.8 Å². The minimum absolute atomic E-state index is 0.0432. The average Bonchev–Trinajstić information content (AvgIpc) is 3.79. The van der Waals surface area contributed by atoms with E-state index in [9.17, 15) is 62.6 Å². The van der Waals surface area contributed by atoms with Gasteiger partial charge in [0.2, 0.25) is 53.2 Å². The van der Waals surface area contributed by atoms with Crippen molar-refractivity contribution in [2.24, 2.45) is 29.2 Å². The van der Waals surface area contributed by atoms with Crippen LogP contribution in [0.15, 0.2) is 0 Å². The van der Waals surface area contributed by atoms with Crippen LogP contribution in [0.25, 0.3) is 0 Å². The second kappa shape index (κ2) is 31.8. The number of carbonyl (C=O) groups is 12. The standard InChI is InChI=1S/C45H77N11O14/c1-8-26(6)38(45(70)56-17-11-13-33(56)44(69)49-27(7)39(64)54-32(19-25(4)5)42(67)50-28(23-57)20-37(62)63)55-35(59)22-48-40(65)30(14-15-36(60)61)53-41(66)29(12-9-10-16-46)52-43(68)31(18-24(2)3)51-34(58)21-47/h23-33,38H,8-22,46-47H2,1-7H3,(H,48,65)(H,49,69)(H,50,67)(H,51,58)(H,52,68)(H,53,66)(H,54,64)(H,55,59)(H,60,61)(H,62,63)/t26-,27-,28-,29-,30-,31-,32-,33-,38-/m0/s1. The number of hydrogen-bond donors (Lipinski definition) is 12. The highest BCUT2D eigenvalue weighted by molar-refractivity contribution is 5.98. The van der Waals surface area contributed by atoms with Crippen molar-refractivity contribution in [2.45, 2.75) is 167 Å². The van der Waals surface area contributed by atoms with E-state index in [4.69, 9.17) is 16.6 Å². The maximum atomic E-state index is 14.1. The molecule has 14 N–H and O–H groups in total. The van der Waals surface area contributed by atoms with Crippen molar-refractivity contribution >= 4 is 71.4 Å². The van der Waals surface area contributed by atoms with Gasteiger partial charge in [0, 0.05) is 13.0 Å². The summed E-state index contributed by atoms with van der Waals surface area (Å²) in [6, 6.07) is -9.75. The first-order valence-corrected chi connectivity index (χ1v) is 23.9. The summed E-state index contributed by atoms with van der Waals surface area (Å²) in [5.74, 6) is -10.0. The lowest BCUT2D eigenvalue weighted by Crippen LogP contribution is -2.59. The quantitative estimate of drug-likeness (QED) is 0.0235. The van der Waals surface area contributed by atoms with Crippen LogP contribution in [0.3, 0.4) is 0 Å². The van der Waals surface area contributed by atoms with Crippen LogP contribution in [0.1, 0.15) is 119 Å². The molecule has 1 fully saturated rings. The van der Waals surface area contributed by atoms with Gasteiger partial charge in [-0.3, -0.25) is 52.7 Å². The van der Waals surface area contributed by atoms with Crippen LogP contribution in [0.5, 0.6) is 0 Å². The third-order valence-electron chi connectivity index (χ3n) is 11.4. The molecule has 1 rings (SSSR count). The number of aldehydes is 1. The number of nitrogens with two attached hydrogens (primary N) is 2. The third-order valence-corrected chi connectivity index (χ3v) is 11.4. The number of rotatable bonds is 33. The Kier molecular flexibility index (Phi) is 28.1. The van der Waals surface area contributed by atoms with Crippen molar-refractivity contribution in [1.29, 1.82) is 0 Å². The van der Waals surface area contributed by atoms with Gasteiger partial charge in [0.15, 0.2) is 0 Å². The fourth-order valence-corrected chi connectivity index (χ4v) is 7.46. The highest BCUT2D eigenvalue weighted by Crippen LogP contribution is 2.22. The summed E-state index contributed by atoms with van der Waals surface area (Å²) in [5, 5.41) is 38.5. The zero-order chi connectivity index (χ0) is 53.2. The Morgan fingerprint density at radius 3 is 1.74 bits per heavy atom. The topological polar surface area (TPSA) is 397 Å². The molecule has 1 heterocycles. The summed E-state index contributed by atoms with van der Waals surface area (Å²) in [4.78, 5) is 155. The summed E-state index contributed by atoms with van der Waals surface area (Å²) in [6.07, 6.45) is 0.906. The van der Waals surface area contributed by atoms with Gasteiger partial charge in [-0.15, -0.1) is 0 Å². The Bertz CT molecular complexity index is 1830. The average molecular weight is 996 g/mol. The Morgan fingerprint density at radius 2 is 1.21 bits per heavy atom. The van der Waals surface area contributed by atoms with E-state index < -0.39 is 145 Å². The number of carbonyl (C=O) groups excluding carboxylic acids is 10. The lowest BCUT2D eigenvalue weighted by Gasteiger charge is -2.32. The second-order valence-corrected chi connectivity index (χ2v) is 18.4. The van der Waals surface area contributed by atoms with Crippen molar-refractivity contribution < 1.29 is 67.7 Å². The molecule has 0 unspecified atom stereocenters. The maximum absolute atomic E-state index is 14.1. The normalized spacial score (nSPS) is 16.7. The van der Waals surface area contributed by atoms with Crippen LogP contribution in [0, 0.1) is 17.8 Å². The first-order valence-electron chi connectivity index (χ1n) is 23.9. The van der Waals surface area contributed by atoms with Crippen molar-refractivity contribution in [2.75, 3.05) is 26.2 Å². The van der Waals surface area contributed by atoms with Gasteiger partial charge in [0.05, 0.1) is 25.6 Å². The lowest BCUT2D eigenvalue weighted by molar-refractivity contribution is -0.143. The molecule has 0 aromatic rings. The maximum Gasteiger partial charge on any atom is 0.305 e. The molecule has 0 aliphatic carbocycles. The van der Waals surface area contributed by atoms with Crippen LogP contribution in [-0.2, 0) is 57.5 Å². The van der Waals surface area contributed by atoms with E-state index in [-0.39, 0.29) is 63.4 Å². The van der Waals surface area contributed by atoms with Crippen LogP contribution < -0.4 is 54.0 Å². The predicted octanol–water partition coefficient (Wildman–Crippen LogP) is -2.73. The molecule has 1 saturated heterocycles. The molecule has 25 nitrogen and oxygen atoms in total. The Balaban J connectivity index is 3.16. The van der Waals surface area contributed by atoms with E-state index >= 15 is 0 Å². The summed E-state index contributed by atoms with van der Waals surface area (Å²) >= 11 is 0. The van der Waals surface area contributed by atoms with Crippen molar-refractivity contribution in [3.8, 4) is 0 Å². The van der Waals surface area contributed by atoms with Crippen LogP contribution in [-0.4, -0.2) is 161 Å². The molecule has 1 aliphatic heterocycles. The monoisotopic (exact) mass is 996 g/mol. The summed E-state index contributed by atoms with van der Waals surface area (Å²) < 4.78 is 0. The number of carboxylic acids is 2. The van der Waals surface area contributed by atoms with Gasteiger partial charge >= 0.3 is 11.9 Å². The van der Waals surface area contributed by atoms with Gasteiger partial charge in [0.25, 0.3) is 0 Å². The number of aliphatic carboxylic acids is 2. The number of likely N-dealkylation sites (tertiary alicyclic amines) is 1. The molecule has 0 aromatic heterocycles. The fourth-order valence-electron chi connectivity index (χ4n) is 7.46. The van der Waals surface area contributed by atoms with Crippen LogP contribution >= 0.6 is 0 Å². The summed E-state index contributed by atoms with van der Waals surface area (Å²) in [6.45, 7) is 11.4. The molecular formula is C45H77N11O14. The number of carboxylic acid groups (broad SMARTS) is 2. The minimum Gasteiger partial charge on any atom is -0.481 e. The van der Waals surface area contributed by atoms with Gasteiger partial charge in [-0.1, -0.05) is 48.0 Å². The molecular weight excluding hydrogens is 919 g/mol. The molecule has 1 aliphatic rings. The zero-order valence-corrected chi connectivity index (χ0v) is 41.4. The van der Waals surface area contributed by atoms with E-state index in [0.29, 0.717) is 25.7 Å². The van der Waals surface area contributed by atoms with Crippen LogP contribution in [0.4, 0.5) is 0 Å². The van der Waals surface area contributed by atoms with Gasteiger partial charge in [-0.2, -0.15) is 0 Å². The number of nitrogens with zero attached hydrogens (tertiary/aromatic N) is 1. The molecule has 25 heteroatoms. The molecule has 0 aromatic carbocycles. The molecule has 396 valence electrons. The van der Waals surface area contributed by atoms with Crippen molar-refractivity contribution in [3.05, 3.63) is 0 Å². The fraction of sp³-hybridized carbons (Fsp3) is 0.733. The second-order valence-electron chi connectivity index (χ2n) is 18.4. The zero-order valence-electron chi connectivity index (χ0n) is 41.4. The first kappa shape index (κ1) is 61.8. The van der Waals surface area contributed by atoms with E-state index in [0.717, 1.165) is 0 Å². The number of unbranched alkanes of at least 4 members (excludes halogenated alkanes) is 1. The van der Waals surface area contributed by atoms with E-state index in [1.54, 1.807) is 27.7 Å². The molecule has 0 spiro atoms. The van der Waals surface area contributed by atoms with Gasteiger partial charge in [-0.05, 0) is 82.6 Å². The molecule has 0 radical (unpaired) electrons. The SMILES string of the molecule is CC[C@H](C)[C@H](NC(=O)CNC(=O)[C@H](CCC(=O)O)NC(=O)[C@H](CCCCN)NC(=O)[C@H](CC(C)C)NC(=O)CN)C(=O)N1CCC[C@H]1C(=O)N[C@@H](C)C(=O)N[C@@H](CC(C)C)C(=O)N[C@H](C=O)CC(=O)O. The smallest absolute Gasteiger partial charge is 0.305 e. The number of nitrogens with one attached hydrogen (secondary N) is 8. The Hall–Kier alpha value is -6.24. The summed E-state index contributed by atoms with van der Waals surface area (Å²) in [5.41, 5.74) is 11.1. The van der Waals surface area contributed by atoms with Gasteiger partial charge in [0.1, 0.15) is 48.6 Å². The van der Waals surface area contributed by atoms with Gasteiger partial charge in [-0.25, -0.2) is 0 Å². The first-order chi connectivity index (χ1) is 32.9. The molecule has 70 heavy (non-hydrogen) atoms. The molecule has 0 saturated carbocycles. The van der Waals surface area contributed by atoms with Crippen molar-refractivity contribution in [1.82, 2.24) is 47.4 Å². The molecule has 0 bridgehead atoms. The van der Waals surface area contributed by atoms with Crippen LogP contribution in [0.2, 0.25) is 0 Å². The molecule has 9 atom stereocenters. The third kappa shape index (κ3) is 22.5. The Labute approximate surface area is 408 Å².